The van der Waals surface area contributed by atoms with Gasteiger partial charge in [0, 0.05) is 44.8 Å². The van der Waals surface area contributed by atoms with Crippen LogP contribution >= 0.6 is 24.8 Å². The van der Waals surface area contributed by atoms with E-state index in [0.29, 0.717) is 5.92 Å². The monoisotopic (exact) mass is 407 g/mol. The van der Waals surface area contributed by atoms with Gasteiger partial charge < -0.3 is 10.2 Å². The molecular formula is C21H27Cl2N3O. The molecule has 0 aliphatic carbocycles. The van der Waals surface area contributed by atoms with E-state index in [1.165, 1.54) is 16.8 Å². The van der Waals surface area contributed by atoms with Crippen molar-refractivity contribution >= 4 is 36.4 Å². The van der Waals surface area contributed by atoms with Crippen LogP contribution in [0.15, 0.2) is 48.5 Å². The molecule has 6 heteroatoms. The lowest BCUT2D eigenvalue weighted by Gasteiger charge is -2.43. The molecule has 2 aromatic rings. The van der Waals surface area contributed by atoms with Crippen molar-refractivity contribution < 1.29 is 4.79 Å². The minimum absolute atomic E-state index is 0. The van der Waals surface area contributed by atoms with Gasteiger partial charge >= 0.3 is 0 Å². The number of nitrogens with zero attached hydrogens (tertiary/aromatic N) is 2. The maximum absolute atomic E-state index is 12.5. The Hall–Kier alpha value is -1.75. The van der Waals surface area contributed by atoms with Crippen LogP contribution in [0.3, 0.4) is 0 Å². The van der Waals surface area contributed by atoms with E-state index in [1.807, 2.05) is 0 Å². The highest BCUT2D eigenvalue weighted by Gasteiger charge is 2.39. The number of fused-ring (bicyclic) bond motifs is 3. The molecule has 0 unspecified atom stereocenters. The second kappa shape index (κ2) is 8.96. The summed E-state index contributed by atoms with van der Waals surface area (Å²) in [5, 5.41) is 3.03. The zero-order valence-electron chi connectivity index (χ0n) is 15.7. The van der Waals surface area contributed by atoms with Crippen molar-refractivity contribution in [3.8, 4) is 0 Å². The Bertz CT molecular complexity index is 784. The summed E-state index contributed by atoms with van der Waals surface area (Å²) in [6.45, 7) is 5.67. The van der Waals surface area contributed by atoms with Gasteiger partial charge in [0.15, 0.2) is 0 Å². The van der Waals surface area contributed by atoms with E-state index < -0.39 is 0 Å². The summed E-state index contributed by atoms with van der Waals surface area (Å²) >= 11 is 0. The SMILES string of the molecule is CCN(C)c1ccc2c(c1)[C@H](c1ccccc1)CN1CCNC(=O)[C@H]21.Cl.Cl. The van der Waals surface area contributed by atoms with Crippen LogP contribution in [0.2, 0.25) is 0 Å². The average molecular weight is 408 g/mol. The van der Waals surface area contributed by atoms with Gasteiger partial charge in [-0.15, -0.1) is 24.8 Å². The van der Waals surface area contributed by atoms with Crippen LogP contribution in [0.5, 0.6) is 0 Å². The molecule has 0 bridgehead atoms. The normalized spacial score (nSPS) is 21.0. The molecule has 4 nitrogen and oxygen atoms in total. The Morgan fingerprint density at radius 2 is 1.85 bits per heavy atom. The van der Waals surface area contributed by atoms with Crippen molar-refractivity contribution in [3.63, 3.8) is 0 Å². The zero-order chi connectivity index (χ0) is 17.4. The van der Waals surface area contributed by atoms with Gasteiger partial charge in [-0.05, 0) is 35.7 Å². The van der Waals surface area contributed by atoms with Gasteiger partial charge in [0.05, 0.1) is 0 Å². The number of nitrogens with one attached hydrogen (secondary N) is 1. The van der Waals surface area contributed by atoms with Gasteiger partial charge in [-0.25, -0.2) is 0 Å². The van der Waals surface area contributed by atoms with Crippen LogP contribution < -0.4 is 10.2 Å². The predicted octanol–water partition coefficient (Wildman–Crippen LogP) is 3.60. The van der Waals surface area contributed by atoms with E-state index in [2.05, 4.69) is 77.6 Å². The smallest absolute Gasteiger partial charge is 0.242 e. The number of halogens is 2. The second-order valence-corrected chi connectivity index (χ2v) is 6.98. The molecule has 2 aliphatic heterocycles. The van der Waals surface area contributed by atoms with Crippen molar-refractivity contribution in [1.82, 2.24) is 10.2 Å². The fourth-order valence-corrected chi connectivity index (χ4v) is 4.09. The molecule has 0 spiro atoms. The molecule has 2 aliphatic rings. The average Bonchev–Trinajstić information content (AvgIpc) is 2.67. The summed E-state index contributed by atoms with van der Waals surface area (Å²) in [5.74, 6) is 0.444. The summed E-state index contributed by atoms with van der Waals surface area (Å²) in [5.41, 5.74) is 4.99. The molecule has 0 radical (unpaired) electrons. The van der Waals surface area contributed by atoms with E-state index in [4.69, 9.17) is 0 Å². The first kappa shape index (κ1) is 21.5. The van der Waals surface area contributed by atoms with E-state index in [1.54, 1.807) is 0 Å². The van der Waals surface area contributed by atoms with Gasteiger partial charge in [-0.3, -0.25) is 9.69 Å². The summed E-state index contributed by atoms with van der Waals surface area (Å²) in [4.78, 5) is 17.1. The summed E-state index contributed by atoms with van der Waals surface area (Å²) in [7, 11) is 2.11. The molecule has 2 aromatic carbocycles. The first-order valence-electron chi connectivity index (χ1n) is 9.10. The lowest BCUT2D eigenvalue weighted by Crippen LogP contribution is -2.53. The highest BCUT2D eigenvalue weighted by molar-refractivity contribution is 5.86. The molecule has 4 rings (SSSR count). The number of benzene rings is 2. The van der Waals surface area contributed by atoms with Crippen molar-refractivity contribution in [2.45, 2.75) is 18.9 Å². The van der Waals surface area contributed by atoms with Crippen LogP contribution in [0.25, 0.3) is 0 Å². The topological polar surface area (TPSA) is 35.6 Å². The Kier molecular flexibility index (Phi) is 7.15. The summed E-state index contributed by atoms with van der Waals surface area (Å²) in [6, 6.07) is 17.1. The van der Waals surface area contributed by atoms with Crippen LogP contribution in [-0.4, -0.2) is 44.0 Å². The largest absolute Gasteiger partial charge is 0.375 e. The lowest BCUT2D eigenvalue weighted by molar-refractivity contribution is -0.129. The zero-order valence-corrected chi connectivity index (χ0v) is 17.4. The molecule has 1 N–H and O–H groups in total. The Labute approximate surface area is 173 Å². The number of rotatable bonds is 3. The number of hydrogen-bond donors (Lipinski definition) is 1. The Morgan fingerprint density at radius 3 is 2.56 bits per heavy atom. The molecule has 0 saturated carbocycles. The number of carbonyl (C=O) groups is 1. The molecule has 146 valence electrons. The van der Waals surface area contributed by atoms with Crippen LogP contribution in [0.4, 0.5) is 5.69 Å². The van der Waals surface area contributed by atoms with Gasteiger partial charge in [0.2, 0.25) is 5.91 Å². The van der Waals surface area contributed by atoms with Crippen molar-refractivity contribution in [2.75, 3.05) is 38.1 Å². The third-order valence-electron chi connectivity index (χ3n) is 5.59. The van der Waals surface area contributed by atoms with E-state index in [9.17, 15) is 4.79 Å². The number of hydrogen-bond acceptors (Lipinski definition) is 3. The van der Waals surface area contributed by atoms with Crippen molar-refractivity contribution in [1.29, 1.82) is 0 Å². The lowest BCUT2D eigenvalue weighted by atomic mass is 9.80. The third-order valence-corrected chi connectivity index (χ3v) is 5.59. The Balaban J connectivity index is 0.00000131. The number of anilines is 1. The Morgan fingerprint density at radius 1 is 1.11 bits per heavy atom. The summed E-state index contributed by atoms with van der Waals surface area (Å²) < 4.78 is 0. The molecule has 1 fully saturated rings. The van der Waals surface area contributed by atoms with Crippen LogP contribution in [-0.2, 0) is 4.79 Å². The number of carbonyl (C=O) groups excluding carboxylic acids is 1. The predicted molar refractivity (Wildman–Crippen MR) is 115 cm³/mol. The van der Waals surface area contributed by atoms with Crippen molar-refractivity contribution in [2.24, 2.45) is 0 Å². The van der Waals surface area contributed by atoms with E-state index >= 15 is 0 Å². The maximum Gasteiger partial charge on any atom is 0.242 e. The van der Waals surface area contributed by atoms with Crippen molar-refractivity contribution in [3.05, 3.63) is 65.2 Å². The van der Waals surface area contributed by atoms with Gasteiger partial charge in [-0.2, -0.15) is 0 Å². The first-order valence-corrected chi connectivity index (χ1v) is 9.10. The van der Waals surface area contributed by atoms with E-state index in [0.717, 1.165) is 31.7 Å². The molecule has 0 aromatic heterocycles. The molecule has 1 amide bonds. The molecule has 2 heterocycles. The third kappa shape index (κ3) is 3.93. The fourth-order valence-electron chi connectivity index (χ4n) is 4.09. The second-order valence-electron chi connectivity index (χ2n) is 6.98. The fraction of sp³-hybridized carbons (Fsp3) is 0.381. The van der Waals surface area contributed by atoms with Gasteiger partial charge in [0.1, 0.15) is 6.04 Å². The molecule has 27 heavy (non-hydrogen) atoms. The highest BCUT2D eigenvalue weighted by atomic mass is 35.5. The van der Waals surface area contributed by atoms with E-state index in [-0.39, 0.29) is 36.8 Å². The molecule has 2 atom stereocenters. The number of amides is 1. The van der Waals surface area contributed by atoms with Gasteiger partial charge in [0.25, 0.3) is 0 Å². The molecule has 1 saturated heterocycles. The van der Waals surface area contributed by atoms with Gasteiger partial charge in [-0.1, -0.05) is 36.4 Å². The quantitative estimate of drug-likeness (QED) is 0.843. The maximum atomic E-state index is 12.5. The number of piperazine rings is 1. The minimum Gasteiger partial charge on any atom is -0.375 e. The standard InChI is InChI=1S/C21H25N3O.2ClH/c1-3-23(2)16-9-10-17-18(13-16)19(15-7-5-4-6-8-15)14-24-12-11-22-21(25)20(17)24;;/h4-10,13,19-20H,3,11-12,14H2,1-2H3,(H,22,25);2*1H/t19-,20-;;/m0../s1. The first-order chi connectivity index (χ1) is 12.2. The minimum atomic E-state index is -0.148. The van der Waals surface area contributed by atoms with Crippen LogP contribution in [0.1, 0.15) is 35.6 Å². The van der Waals surface area contributed by atoms with Crippen LogP contribution in [0, 0.1) is 0 Å². The molecular weight excluding hydrogens is 381 g/mol. The summed E-state index contributed by atoms with van der Waals surface area (Å²) in [6.07, 6.45) is 0. The highest BCUT2D eigenvalue weighted by Crippen LogP contribution is 2.41.